The van der Waals surface area contributed by atoms with Crippen molar-refractivity contribution < 1.29 is 14.3 Å². The molecule has 0 atom stereocenters. The fraction of sp³-hybridized carbons (Fsp3) is 0.158. The van der Waals surface area contributed by atoms with Gasteiger partial charge in [0.2, 0.25) is 0 Å². The van der Waals surface area contributed by atoms with E-state index in [1.165, 1.54) is 7.05 Å². The first-order valence-corrected chi connectivity index (χ1v) is 7.49. The van der Waals surface area contributed by atoms with E-state index in [1.807, 2.05) is 19.1 Å². The molecule has 0 saturated heterocycles. The van der Waals surface area contributed by atoms with Gasteiger partial charge in [0.25, 0.3) is 11.8 Å². The summed E-state index contributed by atoms with van der Waals surface area (Å²) in [6.45, 7) is 1.95. The Kier molecular flexibility index (Phi) is 5.73. The zero-order valence-electron chi connectivity index (χ0n) is 13.9. The quantitative estimate of drug-likeness (QED) is 0.831. The van der Waals surface area contributed by atoms with E-state index in [0.29, 0.717) is 5.56 Å². The van der Waals surface area contributed by atoms with Gasteiger partial charge in [-0.3, -0.25) is 9.59 Å². The lowest BCUT2D eigenvalue weighted by Crippen LogP contribution is -2.33. The van der Waals surface area contributed by atoms with E-state index in [-0.39, 0.29) is 17.5 Å². The fourth-order valence-electron chi connectivity index (χ4n) is 2.06. The van der Waals surface area contributed by atoms with Gasteiger partial charge >= 0.3 is 0 Å². The van der Waals surface area contributed by atoms with Crippen molar-refractivity contribution in [3.8, 4) is 5.75 Å². The number of likely N-dealkylation sites (N-methyl/N-ethyl adjacent to an activating group) is 1. The molecule has 0 heterocycles. The van der Waals surface area contributed by atoms with Crippen molar-refractivity contribution in [3.63, 3.8) is 0 Å². The Morgan fingerprint density at radius 2 is 1.62 bits per heavy atom. The van der Waals surface area contributed by atoms with Crippen LogP contribution in [-0.2, 0) is 4.79 Å². The average Bonchev–Trinajstić information content (AvgIpc) is 2.61. The molecule has 0 aliphatic heterocycles. The van der Waals surface area contributed by atoms with Gasteiger partial charge in [0.05, 0.1) is 7.11 Å². The van der Waals surface area contributed by atoms with Gasteiger partial charge in [-0.15, -0.1) is 0 Å². The Hall–Kier alpha value is -3.08. The molecule has 0 bridgehead atoms. The van der Waals surface area contributed by atoms with Gasteiger partial charge in [-0.1, -0.05) is 29.8 Å². The maximum absolute atomic E-state index is 12.3. The SMILES string of the molecule is CNC(=O)/C(=C/c1ccc(OC)cc1)NC(=O)c1ccc(C)cc1. The first-order valence-electron chi connectivity index (χ1n) is 7.49. The van der Waals surface area contributed by atoms with Gasteiger partial charge in [-0.25, -0.2) is 0 Å². The van der Waals surface area contributed by atoms with E-state index in [2.05, 4.69) is 10.6 Å². The van der Waals surface area contributed by atoms with E-state index in [4.69, 9.17) is 4.74 Å². The van der Waals surface area contributed by atoms with Crippen molar-refractivity contribution >= 4 is 17.9 Å². The third kappa shape index (κ3) is 4.46. The molecule has 0 aromatic heterocycles. The number of benzene rings is 2. The Bertz CT molecular complexity index is 747. The predicted molar refractivity (Wildman–Crippen MR) is 93.7 cm³/mol. The largest absolute Gasteiger partial charge is 0.497 e. The van der Waals surface area contributed by atoms with E-state index in [0.717, 1.165) is 16.9 Å². The third-order valence-corrected chi connectivity index (χ3v) is 3.46. The molecule has 2 amide bonds. The number of hydrogen-bond donors (Lipinski definition) is 2. The highest BCUT2D eigenvalue weighted by molar-refractivity contribution is 6.05. The monoisotopic (exact) mass is 324 g/mol. The predicted octanol–water partition coefficient (Wildman–Crippen LogP) is 2.52. The molecule has 5 heteroatoms. The maximum atomic E-state index is 12.3. The number of rotatable bonds is 5. The van der Waals surface area contributed by atoms with Gasteiger partial charge in [0.15, 0.2) is 0 Å². The molecule has 0 aliphatic rings. The van der Waals surface area contributed by atoms with Gasteiger partial charge in [-0.2, -0.15) is 0 Å². The van der Waals surface area contributed by atoms with E-state index < -0.39 is 0 Å². The molecular formula is C19H20N2O3. The summed E-state index contributed by atoms with van der Waals surface area (Å²) in [6.07, 6.45) is 1.62. The minimum absolute atomic E-state index is 0.174. The second-order valence-corrected chi connectivity index (χ2v) is 5.23. The number of aryl methyl sites for hydroxylation is 1. The summed E-state index contributed by atoms with van der Waals surface area (Å²) in [7, 11) is 3.10. The number of ether oxygens (including phenoxy) is 1. The zero-order valence-corrected chi connectivity index (χ0v) is 13.9. The van der Waals surface area contributed by atoms with Crippen LogP contribution in [0.4, 0.5) is 0 Å². The Morgan fingerprint density at radius 3 is 2.17 bits per heavy atom. The van der Waals surface area contributed by atoms with Crippen LogP contribution in [0.5, 0.6) is 5.75 Å². The first kappa shape index (κ1) is 17.3. The average molecular weight is 324 g/mol. The molecule has 2 aromatic carbocycles. The standard InChI is InChI=1S/C19H20N2O3/c1-13-4-8-15(9-5-13)18(22)21-17(19(23)20-2)12-14-6-10-16(24-3)11-7-14/h4-12H,1-3H3,(H,20,23)(H,21,22)/b17-12-. The summed E-state index contributed by atoms with van der Waals surface area (Å²) in [4.78, 5) is 24.4. The van der Waals surface area contributed by atoms with Gasteiger partial charge in [0.1, 0.15) is 11.4 Å². The van der Waals surface area contributed by atoms with Crippen LogP contribution in [0, 0.1) is 6.92 Å². The van der Waals surface area contributed by atoms with Crippen molar-refractivity contribution in [2.75, 3.05) is 14.2 Å². The summed E-state index contributed by atoms with van der Waals surface area (Å²) in [5.74, 6) is 0.0157. The molecule has 2 rings (SSSR count). The fourth-order valence-corrected chi connectivity index (χ4v) is 2.06. The normalized spacial score (nSPS) is 10.9. The summed E-state index contributed by atoms with van der Waals surface area (Å²) in [5, 5.41) is 5.19. The highest BCUT2D eigenvalue weighted by atomic mass is 16.5. The highest BCUT2D eigenvalue weighted by Gasteiger charge is 2.13. The molecule has 0 radical (unpaired) electrons. The summed E-state index contributed by atoms with van der Waals surface area (Å²) in [5.41, 5.74) is 2.50. The lowest BCUT2D eigenvalue weighted by Gasteiger charge is -2.09. The van der Waals surface area contributed by atoms with Crippen LogP contribution in [0.1, 0.15) is 21.5 Å². The van der Waals surface area contributed by atoms with Gasteiger partial charge < -0.3 is 15.4 Å². The summed E-state index contributed by atoms with van der Waals surface area (Å²) >= 11 is 0. The molecule has 2 N–H and O–H groups in total. The Morgan fingerprint density at radius 1 is 1.00 bits per heavy atom. The van der Waals surface area contributed by atoms with Crippen LogP contribution in [-0.4, -0.2) is 26.0 Å². The molecule has 5 nitrogen and oxygen atoms in total. The maximum Gasteiger partial charge on any atom is 0.267 e. The lowest BCUT2D eigenvalue weighted by molar-refractivity contribution is -0.117. The minimum atomic E-state index is -0.369. The van der Waals surface area contributed by atoms with E-state index in [9.17, 15) is 9.59 Å². The van der Waals surface area contributed by atoms with Crippen LogP contribution in [0.25, 0.3) is 6.08 Å². The number of methoxy groups -OCH3 is 1. The van der Waals surface area contributed by atoms with E-state index in [1.54, 1.807) is 49.6 Å². The minimum Gasteiger partial charge on any atom is -0.497 e. The Balaban J connectivity index is 2.24. The van der Waals surface area contributed by atoms with E-state index >= 15 is 0 Å². The highest BCUT2D eigenvalue weighted by Crippen LogP contribution is 2.14. The molecule has 0 unspecified atom stereocenters. The van der Waals surface area contributed by atoms with Gasteiger partial charge in [0, 0.05) is 12.6 Å². The van der Waals surface area contributed by atoms with Gasteiger partial charge in [-0.05, 0) is 42.8 Å². The molecular weight excluding hydrogens is 304 g/mol. The number of amides is 2. The van der Waals surface area contributed by atoms with Crippen molar-refractivity contribution in [3.05, 3.63) is 70.9 Å². The van der Waals surface area contributed by atoms with Crippen LogP contribution in [0.2, 0.25) is 0 Å². The number of carbonyl (C=O) groups excluding carboxylic acids is 2. The van der Waals surface area contributed by atoms with Crippen molar-refractivity contribution in [2.45, 2.75) is 6.92 Å². The molecule has 24 heavy (non-hydrogen) atoms. The summed E-state index contributed by atoms with van der Waals surface area (Å²) in [6, 6.07) is 14.3. The van der Waals surface area contributed by atoms with Crippen LogP contribution in [0.15, 0.2) is 54.2 Å². The molecule has 2 aromatic rings. The van der Waals surface area contributed by atoms with Crippen molar-refractivity contribution in [2.24, 2.45) is 0 Å². The zero-order chi connectivity index (χ0) is 17.5. The smallest absolute Gasteiger partial charge is 0.267 e. The topological polar surface area (TPSA) is 67.4 Å². The second-order valence-electron chi connectivity index (χ2n) is 5.23. The van der Waals surface area contributed by atoms with Crippen molar-refractivity contribution in [1.29, 1.82) is 0 Å². The summed E-state index contributed by atoms with van der Waals surface area (Å²) < 4.78 is 5.11. The lowest BCUT2D eigenvalue weighted by atomic mass is 10.1. The van der Waals surface area contributed by atoms with Crippen LogP contribution in [0.3, 0.4) is 0 Å². The molecule has 124 valence electrons. The number of carbonyl (C=O) groups is 2. The number of nitrogens with one attached hydrogen (secondary N) is 2. The third-order valence-electron chi connectivity index (χ3n) is 3.46. The number of hydrogen-bond acceptors (Lipinski definition) is 3. The Labute approximate surface area is 141 Å². The van der Waals surface area contributed by atoms with Crippen molar-refractivity contribution in [1.82, 2.24) is 10.6 Å². The molecule has 0 fully saturated rings. The molecule has 0 spiro atoms. The molecule has 0 aliphatic carbocycles. The second kappa shape index (κ2) is 7.97. The first-order chi connectivity index (χ1) is 11.5. The van der Waals surface area contributed by atoms with Crippen LogP contribution < -0.4 is 15.4 Å². The molecule has 0 saturated carbocycles. The van der Waals surface area contributed by atoms with Crippen LogP contribution >= 0.6 is 0 Å².